The van der Waals surface area contributed by atoms with Gasteiger partial charge in [0.25, 0.3) is 5.91 Å². The van der Waals surface area contributed by atoms with Gasteiger partial charge >= 0.3 is 12.0 Å². The van der Waals surface area contributed by atoms with E-state index in [1.165, 1.54) is 30.0 Å². The van der Waals surface area contributed by atoms with Crippen molar-refractivity contribution in [1.29, 1.82) is 0 Å². The number of nitrogens with two attached hydrogens (primary N) is 1. The molecule has 1 aliphatic rings. The van der Waals surface area contributed by atoms with Crippen molar-refractivity contribution in [3.05, 3.63) is 29.8 Å². The Kier molecular flexibility index (Phi) is 6.42. The summed E-state index contributed by atoms with van der Waals surface area (Å²) in [7, 11) is -3.14. The van der Waals surface area contributed by atoms with E-state index in [1.807, 2.05) is 0 Å². The number of likely N-dealkylation sites (N-methyl/N-ethyl adjacent to an activating group) is 1. The fourth-order valence-electron chi connectivity index (χ4n) is 2.99. The molecule has 148 valence electrons. The molecule has 1 aromatic carbocycles. The maximum atomic E-state index is 12.6. The van der Waals surface area contributed by atoms with Crippen molar-refractivity contribution in [2.45, 2.75) is 32.4 Å². The maximum absolute atomic E-state index is 12.6. The summed E-state index contributed by atoms with van der Waals surface area (Å²) in [6.07, 6.45) is -0.697. The molecule has 0 aliphatic carbocycles. The number of rotatable bonds is 6. The number of nitrogens with one attached hydrogen (secondary N) is 1. The average molecular weight is 397 g/mol. The monoisotopic (exact) mass is 397 g/mol. The van der Waals surface area contributed by atoms with Crippen molar-refractivity contribution in [3.63, 3.8) is 0 Å². The zero-order chi connectivity index (χ0) is 20.2. The van der Waals surface area contributed by atoms with Gasteiger partial charge in [-0.1, -0.05) is 6.07 Å². The first kappa shape index (κ1) is 20.7. The predicted molar refractivity (Wildman–Crippen MR) is 99.0 cm³/mol. The van der Waals surface area contributed by atoms with Crippen LogP contribution in [0.3, 0.4) is 0 Å². The molecule has 27 heavy (non-hydrogen) atoms. The lowest BCUT2D eigenvalue weighted by atomic mass is 10.2. The lowest BCUT2D eigenvalue weighted by Gasteiger charge is -2.29. The molecule has 1 saturated heterocycles. The smallest absolute Gasteiger partial charge is 0.338 e. The molecular weight excluding hydrogens is 374 g/mol. The highest BCUT2D eigenvalue weighted by Crippen LogP contribution is 2.19. The molecule has 2 rings (SSSR count). The molecule has 3 amide bonds. The molecule has 2 atom stereocenters. The number of sulfone groups is 1. The summed E-state index contributed by atoms with van der Waals surface area (Å²) in [6.45, 7) is 3.51. The zero-order valence-corrected chi connectivity index (χ0v) is 16.0. The van der Waals surface area contributed by atoms with Gasteiger partial charge in [0.2, 0.25) is 0 Å². The van der Waals surface area contributed by atoms with Gasteiger partial charge in [0.05, 0.1) is 17.1 Å². The van der Waals surface area contributed by atoms with E-state index in [0.29, 0.717) is 18.7 Å². The molecule has 3 N–H and O–H groups in total. The summed E-state index contributed by atoms with van der Waals surface area (Å²) in [5.74, 6) is -1.21. The molecule has 9 nitrogen and oxygen atoms in total. The van der Waals surface area contributed by atoms with Crippen LogP contribution >= 0.6 is 0 Å². The molecule has 0 bridgehead atoms. The van der Waals surface area contributed by atoms with E-state index >= 15 is 0 Å². The highest BCUT2D eigenvalue weighted by molar-refractivity contribution is 7.91. The number of hydrogen-bond donors (Lipinski definition) is 2. The second-order valence-electron chi connectivity index (χ2n) is 6.30. The molecule has 10 heteroatoms. The molecule has 0 radical (unpaired) electrons. The van der Waals surface area contributed by atoms with Crippen LogP contribution in [0.15, 0.2) is 24.3 Å². The van der Waals surface area contributed by atoms with Gasteiger partial charge < -0.3 is 20.7 Å². The number of amides is 3. The fraction of sp³-hybridized carbons (Fsp3) is 0.471. The van der Waals surface area contributed by atoms with Crippen molar-refractivity contribution in [2.24, 2.45) is 5.73 Å². The Morgan fingerprint density at radius 1 is 1.37 bits per heavy atom. The van der Waals surface area contributed by atoms with Gasteiger partial charge in [-0.2, -0.15) is 0 Å². The van der Waals surface area contributed by atoms with Crippen LogP contribution in [0.5, 0.6) is 0 Å². The third-order valence-electron chi connectivity index (χ3n) is 4.27. The van der Waals surface area contributed by atoms with Crippen molar-refractivity contribution in [1.82, 2.24) is 4.90 Å². The van der Waals surface area contributed by atoms with Crippen molar-refractivity contribution >= 4 is 33.4 Å². The highest BCUT2D eigenvalue weighted by Gasteiger charge is 2.36. The minimum absolute atomic E-state index is 0.0509. The van der Waals surface area contributed by atoms with Crippen LogP contribution in [-0.2, 0) is 19.4 Å². The van der Waals surface area contributed by atoms with Gasteiger partial charge in [0, 0.05) is 18.3 Å². The van der Waals surface area contributed by atoms with Crippen LogP contribution in [0.25, 0.3) is 0 Å². The first-order chi connectivity index (χ1) is 12.6. The van der Waals surface area contributed by atoms with E-state index in [4.69, 9.17) is 10.5 Å². The minimum Gasteiger partial charge on any atom is -0.449 e. The van der Waals surface area contributed by atoms with E-state index in [-0.39, 0.29) is 17.1 Å². The SMILES string of the molecule is CCN(C(=O)[C@H](C)OC(=O)c1cccc(NC(N)=O)c1)[C@@H]1CCS(=O)(=O)C1. The van der Waals surface area contributed by atoms with Crippen LogP contribution in [0.2, 0.25) is 0 Å². The Morgan fingerprint density at radius 3 is 2.63 bits per heavy atom. The topological polar surface area (TPSA) is 136 Å². The van der Waals surface area contributed by atoms with Gasteiger partial charge in [-0.05, 0) is 38.5 Å². The summed E-state index contributed by atoms with van der Waals surface area (Å²) in [6, 6.07) is 4.77. The molecule has 1 aliphatic heterocycles. The number of carbonyl (C=O) groups excluding carboxylic acids is 3. The normalized spacial score (nSPS) is 19.1. The summed E-state index contributed by atoms with van der Waals surface area (Å²) in [4.78, 5) is 37.3. The largest absolute Gasteiger partial charge is 0.449 e. The molecule has 1 heterocycles. The lowest BCUT2D eigenvalue weighted by Crippen LogP contribution is -2.46. The number of nitrogens with zero attached hydrogens (tertiary/aromatic N) is 1. The quantitative estimate of drug-likeness (QED) is 0.680. The fourth-order valence-corrected chi connectivity index (χ4v) is 4.72. The molecule has 0 unspecified atom stereocenters. The lowest BCUT2D eigenvalue weighted by molar-refractivity contribution is -0.141. The van der Waals surface area contributed by atoms with E-state index in [0.717, 1.165) is 0 Å². The molecule has 1 fully saturated rings. The number of ether oxygens (including phenoxy) is 1. The van der Waals surface area contributed by atoms with Crippen LogP contribution in [-0.4, -0.2) is 61.4 Å². The van der Waals surface area contributed by atoms with Crippen molar-refractivity contribution in [3.8, 4) is 0 Å². The summed E-state index contributed by atoms with van der Waals surface area (Å²) in [5.41, 5.74) is 5.51. The van der Waals surface area contributed by atoms with Gasteiger partial charge in [-0.15, -0.1) is 0 Å². The summed E-state index contributed by atoms with van der Waals surface area (Å²) < 4.78 is 28.6. The zero-order valence-electron chi connectivity index (χ0n) is 15.2. The summed E-state index contributed by atoms with van der Waals surface area (Å²) >= 11 is 0. The number of anilines is 1. The molecule has 0 aromatic heterocycles. The van der Waals surface area contributed by atoms with Gasteiger partial charge in [-0.25, -0.2) is 18.0 Å². The van der Waals surface area contributed by atoms with Gasteiger partial charge in [0.15, 0.2) is 15.9 Å². The number of primary amides is 1. The Labute approximate surface area is 157 Å². The number of carbonyl (C=O) groups is 3. The Balaban J connectivity index is 2.04. The summed E-state index contributed by atoms with van der Waals surface area (Å²) in [5, 5.41) is 2.35. The van der Waals surface area contributed by atoms with Crippen LogP contribution in [0.1, 0.15) is 30.6 Å². The maximum Gasteiger partial charge on any atom is 0.338 e. The standard InChI is InChI=1S/C17H23N3O6S/c1-3-20(14-7-8-27(24,25)10-14)15(21)11(2)26-16(22)12-5-4-6-13(9-12)19-17(18)23/h4-6,9,11,14H,3,7-8,10H2,1-2H3,(H3,18,19,23)/t11-,14+/m0/s1. The van der Waals surface area contributed by atoms with E-state index in [9.17, 15) is 22.8 Å². The minimum atomic E-state index is -3.14. The van der Waals surface area contributed by atoms with E-state index in [2.05, 4.69) is 5.32 Å². The number of benzene rings is 1. The molecule has 1 aromatic rings. The first-order valence-corrected chi connectivity index (χ1v) is 10.3. The second-order valence-corrected chi connectivity index (χ2v) is 8.53. The first-order valence-electron chi connectivity index (χ1n) is 8.51. The van der Waals surface area contributed by atoms with Crippen LogP contribution in [0.4, 0.5) is 10.5 Å². The van der Waals surface area contributed by atoms with Gasteiger partial charge in [0.1, 0.15) is 0 Å². The third kappa shape index (κ3) is 5.43. The molecular formula is C17H23N3O6S. The van der Waals surface area contributed by atoms with Crippen molar-refractivity contribution < 1.29 is 27.5 Å². The second kappa shape index (κ2) is 8.38. The Morgan fingerprint density at radius 2 is 2.07 bits per heavy atom. The molecule has 0 saturated carbocycles. The highest BCUT2D eigenvalue weighted by atomic mass is 32.2. The predicted octanol–water partition coefficient (Wildman–Crippen LogP) is 0.758. The van der Waals surface area contributed by atoms with Gasteiger partial charge in [-0.3, -0.25) is 4.79 Å². The number of urea groups is 1. The van der Waals surface area contributed by atoms with Crippen LogP contribution < -0.4 is 11.1 Å². The van der Waals surface area contributed by atoms with Crippen molar-refractivity contribution in [2.75, 3.05) is 23.4 Å². The Hall–Kier alpha value is -2.62. The molecule has 0 spiro atoms. The number of esters is 1. The third-order valence-corrected chi connectivity index (χ3v) is 6.02. The van der Waals surface area contributed by atoms with Crippen LogP contribution in [0, 0.1) is 0 Å². The average Bonchev–Trinajstić information content (AvgIpc) is 2.94. The van der Waals surface area contributed by atoms with E-state index in [1.54, 1.807) is 13.0 Å². The Bertz CT molecular complexity index is 839. The van der Waals surface area contributed by atoms with E-state index < -0.39 is 39.9 Å². The number of hydrogen-bond acceptors (Lipinski definition) is 6.